The molecule has 0 aliphatic carbocycles. The van der Waals surface area contributed by atoms with Gasteiger partial charge in [0, 0.05) is 12.5 Å². The van der Waals surface area contributed by atoms with E-state index in [9.17, 15) is 0 Å². The Kier molecular flexibility index (Phi) is 3.26. The maximum Gasteiger partial charge on any atom is 0.291 e. The number of nitrogens with zero attached hydrogens (tertiary/aromatic N) is 4. The number of hydrogen-bond donors (Lipinski definition) is 1. The lowest BCUT2D eigenvalue weighted by Crippen LogP contribution is -2.61. The molecule has 21 heavy (non-hydrogen) atoms. The van der Waals surface area contributed by atoms with Crippen molar-refractivity contribution in [3.8, 4) is 0 Å². The standard InChI is InChI=1S/C14H19N5OS/c1-21-12-7-15-11(6-16-12)18-13-17-8-14(20-13)9-19-4-2-10(14)3-5-19/h6-7,10H,2-5,8-9H2,1H3,(H,15,17,18)/t14-/m0/s1. The van der Waals surface area contributed by atoms with E-state index in [1.54, 1.807) is 24.2 Å². The molecule has 3 saturated heterocycles. The minimum absolute atomic E-state index is 0.106. The maximum atomic E-state index is 6.21. The molecule has 0 amide bonds. The summed E-state index contributed by atoms with van der Waals surface area (Å²) >= 11 is 1.58. The highest BCUT2D eigenvalue weighted by Gasteiger charge is 2.51. The van der Waals surface area contributed by atoms with Crippen LogP contribution in [-0.2, 0) is 4.74 Å². The molecule has 0 radical (unpaired) electrons. The van der Waals surface area contributed by atoms with Crippen molar-refractivity contribution in [2.75, 3.05) is 37.8 Å². The number of ether oxygens (including phenoxy) is 1. The van der Waals surface area contributed by atoms with Crippen molar-refractivity contribution < 1.29 is 4.74 Å². The fourth-order valence-electron chi connectivity index (χ4n) is 3.54. The van der Waals surface area contributed by atoms with Gasteiger partial charge in [0.25, 0.3) is 6.02 Å². The van der Waals surface area contributed by atoms with Gasteiger partial charge < -0.3 is 4.74 Å². The van der Waals surface area contributed by atoms with E-state index in [0.717, 1.165) is 18.1 Å². The molecule has 1 spiro atoms. The summed E-state index contributed by atoms with van der Waals surface area (Å²) in [6, 6.07) is 0.593. The topological polar surface area (TPSA) is 62.6 Å². The minimum atomic E-state index is -0.106. The Balaban J connectivity index is 1.44. The third kappa shape index (κ3) is 2.38. The normalized spacial score (nSPS) is 33.9. The summed E-state index contributed by atoms with van der Waals surface area (Å²) in [5, 5.41) is 4.06. The smallest absolute Gasteiger partial charge is 0.291 e. The molecule has 1 N–H and O–H groups in total. The van der Waals surface area contributed by atoms with E-state index in [0.29, 0.717) is 17.8 Å². The van der Waals surface area contributed by atoms with Crippen molar-refractivity contribution in [3.63, 3.8) is 0 Å². The van der Waals surface area contributed by atoms with E-state index < -0.39 is 0 Å². The molecule has 3 fully saturated rings. The zero-order chi connectivity index (χ0) is 14.3. The fraction of sp³-hybridized carbons (Fsp3) is 0.643. The first-order valence-electron chi connectivity index (χ1n) is 7.36. The van der Waals surface area contributed by atoms with Gasteiger partial charge in [-0.15, -0.1) is 11.8 Å². The van der Waals surface area contributed by atoms with Gasteiger partial charge in [-0.3, -0.25) is 10.2 Å². The lowest BCUT2D eigenvalue weighted by Gasteiger charge is -2.50. The Morgan fingerprint density at radius 1 is 1.33 bits per heavy atom. The molecule has 1 aromatic heterocycles. The molecule has 7 heteroatoms. The number of piperidine rings is 3. The van der Waals surface area contributed by atoms with Gasteiger partial charge in [0.2, 0.25) is 0 Å². The van der Waals surface area contributed by atoms with Crippen molar-refractivity contribution in [2.45, 2.75) is 23.5 Å². The van der Waals surface area contributed by atoms with E-state index in [4.69, 9.17) is 4.74 Å². The monoisotopic (exact) mass is 305 g/mol. The lowest BCUT2D eigenvalue weighted by atomic mass is 9.75. The Labute approximate surface area is 128 Å². The molecule has 0 aromatic carbocycles. The van der Waals surface area contributed by atoms with Crippen LogP contribution in [0, 0.1) is 5.92 Å². The van der Waals surface area contributed by atoms with Gasteiger partial charge >= 0.3 is 0 Å². The Morgan fingerprint density at radius 3 is 2.81 bits per heavy atom. The molecular weight excluding hydrogens is 286 g/mol. The van der Waals surface area contributed by atoms with E-state index in [1.165, 1.54) is 25.9 Å². The van der Waals surface area contributed by atoms with Gasteiger partial charge in [-0.05, 0) is 32.2 Å². The van der Waals surface area contributed by atoms with Gasteiger partial charge in [-0.25, -0.2) is 15.0 Å². The van der Waals surface area contributed by atoms with Gasteiger partial charge in [-0.1, -0.05) is 0 Å². The van der Waals surface area contributed by atoms with Crippen LogP contribution in [0.15, 0.2) is 22.4 Å². The van der Waals surface area contributed by atoms with Crippen LogP contribution >= 0.6 is 11.8 Å². The van der Waals surface area contributed by atoms with Crippen molar-refractivity contribution in [2.24, 2.45) is 10.9 Å². The molecule has 112 valence electrons. The first-order chi connectivity index (χ1) is 10.3. The summed E-state index contributed by atoms with van der Waals surface area (Å²) < 4.78 is 6.21. The molecule has 2 bridgehead atoms. The molecule has 4 aliphatic heterocycles. The molecule has 4 aliphatic rings. The number of rotatable bonds is 2. The lowest BCUT2D eigenvalue weighted by molar-refractivity contribution is -0.0829. The molecule has 0 unspecified atom stereocenters. The summed E-state index contributed by atoms with van der Waals surface area (Å²) in [6.07, 6.45) is 7.92. The summed E-state index contributed by atoms with van der Waals surface area (Å²) in [7, 11) is 0. The molecule has 5 heterocycles. The average molecular weight is 305 g/mol. The van der Waals surface area contributed by atoms with Gasteiger partial charge in [0.1, 0.15) is 10.6 Å². The summed E-state index contributed by atoms with van der Waals surface area (Å²) in [5.41, 5.74) is -0.106. The second kappa shape index (κ2) is 5.14. The number of thioether (sulfide) groups is 1. The van der Waals surface area contributed by atoms with Crippen molar-refractivity contribution in [1.82, 2.24) is 14.9 Å². The zero-order valence-electron chi connectivity index (χ0n) is 12.1. The molecule has 6 nitrogen and oxygen atoms in total. The predicted molar refractivity (Wildman–Crippen MR) is 82.7 cm³/mol. The predicted octanol–water partition coefficient (Wildman–Crippen LogP) is 1.46. The van der Waals surface area contributed by atoms with Crippen LogP contribution in [0.3, 0.4) is 0 Å². The largest absolute Gasteiger partial charge is 0.455 e. The number of aliphatic imine (C=N–C) groups is 1. The van der Waals surface area contributed by atoms with Crippen LogP contribution in [0.1, 0.15) is 12.8 Å². The quantitative estimate of drug-likeness (QED) is 0.835. The summed E-state index contributed by atoms with van der Waals surface area (Å²) in [6.45, 7) is 4.18. The first-order valence-corrected chi connectivity index (χ1v) is 8.59. The van der Waals surface area contributed by atoms with Crippen LogP contribution in [0.2, 0.25) is 0 Å². The van der Waals surface area contributed by atoms with Crippen LogP contribution < -0.4 is 5.32 Å². The minimum Gasteiger partial charge on any atom is -0.455 e. The van der Waals surface area contributed by atoms with E-state index in [1.807, 2.05) is 6.26 Å². The highest BCUT2D eigenvalue weighted by molar-refractivity contribution is 7.98. The van der Waals surface area contributed by atoms with E-state index >= 15 is 0 Å². The number of amidine groups is 1. The number of hydrogen-bond acceptors (Lipinski definition) is 7. The summed E-state index contributed by atoms with van der Waals surface area (Å²) in [5.74, 6) is 1.32. The Hall–Kier alpha value is -1.34. The second-order valence-corrected chi connectivity index (χ2v) is 6.73. The van der Waals surface area contributed by atoms with E-state index in [-0.39, 0.29) is 5.60 Å². The Morgan fingerprint density at radius 2 is 2.19 bits per heavy atom. The SMILES string of the molecule is CSc1cnc(NC2=NC[C@@]3(CN4CCC3CC4)O2)cn1. The highest BCUT2D eigenvalue weighted by Crippen LogP contribution is 2.40. The molecule has 1 aromatic rings. The first kappa shape index (κ1) is 13.3. The molecule has 5 rings (SSSR count). The number of nitrogens with one attached hydrogen (secondary N) is 1. The number of anilines is 1. The molecular formula is C14H19N5OS. The highest BCUT2D eigenvalue weighted by atomic mass is 32.2. The van der Waals surface area contributed by atoms with Crippen LogP contribution in [0.4, 0.5) is 5.82 Å². The van der Waals surface area contributed by atoms with Crippen molar-refractivity contribution in [1.29, 1.82) is 0 Å². The Bertz CT molecular complexity index is 555. The number of aromatic nitrogens is 2. The summed E-state index contributed by atoms with van der Waals surface area (Å²) in [4.78, 5) is 15.7. The van der Waals surface area contributed by atoms with Crippen molar-refractivity contribution in [3.05, 3.63) is 12.4 Å². The van der Waals surface area contributed by atoms with Gasteiger partial charge in [-0.2, -0.15) is 0 Å². The van der Waals surface area contributed by atoms with Crippen LogP contribution in [0.25, 0.3) is 0 Å². The van der Waals surface area contributed by atoms with Crippen LogP contribution in [-0.4, -0.2) is 58.9 Å². The zero-order valence-corrected chi connectivity index (χ0v) is 12.9. The van der Waals surface area contributed by atoms with Gasteiger partial charge in [0.05, 0.1) is 18.9 Å². The average Bonchev–Trinajstić information content (AvgIpc) is 2.91. The van der Waals surface area contributed by atoms with Gasteiger partial charge in [0.15, 0.2) is 5.82 Å². The van der Waals surface area contributed by atoms with Crippen molar-refractivity contribution >= 4 is 23.6 Å². The third-order valence-electron chi connectivity index (χ3n) is 4.69. The molecule has 0 saturated carbocycles. The number of fused-ring (bicyclic) bond motifs is 2. The third-order valence-corrected chi connectivity index (χ3v) is 5.31. The fourth-order valence-corrected chi connectivity index (χ4v) is 3.86. The second-order valence-electron chi connectivity index (χ2n) is 5.91. The van der Waals surface area contributed by atoms with E-state index in [2.05, 4.69) is 25.2 Å². The molecule has 1 atom stereocenters. The van der Waals surface area contributed by atoms with Crippen LogP contribution in [0.5, 0.6) is 0 Å². The maximum absolute atomic E-state index is 6.21.